The summed E-state index contributed by atoms with van der Waals surface area (Å²) in [5, 5.41) is 3.89. The largest absolute Gasteiger partial charge is 2.00 e. The van der Waals surface area contributed by atoms with E-state index in [2.05, 4.69) is 121 Å². The molecule has 9 aromatic rings. The molecule has 0 aliphatic carbocycles. The molecule has 0 fully saturated rings. The maximum absolute atomic E-state index is 5.36. The fraction of sp³-hybridized carbons (Fsp3) is 0. The fourth-order valence-corrected chi connectivity index (χ4v) is 7.73. The average molecular weight is 728 g/mol. The Morgan fingerprint density at radius 1 is 0.321 bits per heavy atom. The summed E-state index contributed by atoms with van der Waals surface area (Å²) in [5.41, 5.74) is 12.2. The van der Waals surface area contributed by atoms with Crippen LogP contribution in [0.4, 0.5) is 0 Å². The number of hydrogen-bond acceptors (Lipinski definition) is 4. The van der Waals surface area contributed by atoms with Gasteiger partial charge in [-0.05, 0) is 55.0 Å². The van der Waals surface area contributed by atoms with E-state index in [1.165, 1.54) is 0 Å². The van der Waals surface area contributed by atoms with E-state index in [9.17, 15) is 0 Å². The molecule has 242 valence electrons. The molecule has 53 heavy (non-hydrogen) atoms. The first-order chi connectivity index (χ1) is 25.8. The maximum atomic E-state index is 5.36. The van der Waals surface area contributed by atoms with Gasteiger partial charge in [-0.3, -0.25) is 9.97 Å². The Morgan fingerprint density at radius 2 is 0.660 bits per heavy atom. The molecule has 0 atom stereocenters. The summed E-state index contributed by atoms with van der Waals surface area (Å²) >= 11 is 0. The van der Waals surface area contributed by atoms with E-state index < -0.39 is 0 Å². The second kappa shape index (κ2) is 12.3. The second-order valence-corrected chi connectivity index (χ2v) is 13.0. The van der Waals surface area contributed by atoms with E-state index in [0.29, 0.717) is 22.9 Å². The number of nitrogens with zero attached hydrogens (tertiary/aromatic N) is 6. The number of rotatable bonds is 2. The van der Waals surface area contributed by atoms with Gasteiger partial charge in [-0.1, -0.05) is 158 Å². The molecule has 7 heteroatoms. The quantitative estimate of drug-likeness (QED) is 0.165. The maximum Gasteiger partial charge on any atom is 2.00 e. The minimum Gasteiger partial charge on any atom is -0.435 e. The van der Waals surface area contributed by atoms with Crippen molar-refractivity contribution in [1.29, 1.82) is 0 Å². The van der Waals surface area contributed by atoms with E-state index in [-0.39, 0.29) is 19.5 Å². The third-order valence-electron chi connectivity index (χ3n) is 10.1. The Hall–Kier alpha value is -6.56. The Balaban J connectivity index is 0.00000349. The van der Waals surface area contributed by atoms with Crippen LogP contribution >= 0.6 is 0 Å². The van der Waals surface area contributed by atoms with Crippen LogP contribution in [0.3, 0.4) is 0 Å². The van der Waals surface area contributed by atoms with Gasteiger partial charge in [0.1, 0.15) is 0 Å². The van der Waals surface area contributed by atoms with Crippen molar-refractivity contribution in [1.82, 2.24) is 29.9 Å². The van der Waals surface area contributed by atoms with Gasteiger partial charge in [0.05, 0.1) is 23.0 Å². The first-order valence-corrected chi connectivity index (χ1v) is 17.3. The molecule has 0 N–H and O–H groups in total. The third-order valence-corrected chi connectivity index (χ3v) is 10.1. The predicted molar refractivity (Wildman–Crippen MR) is 209 cm³/mol. The molecule has 0 saturated heterocycles. The summed E-state index contributed by atoms with van der Waals surface area (Å²) in [6, 6.07) is 54.0. The van der Waals surface area contributed by atoms with E-state index >= 15 is 0 Å². The Morgan fingerprint density at radius 3 is 1.08 bits per heavy atom. The minimum atomic E-state index is 0. The van der Waals surface area contributed by atoms with Gasteiger partial charge < -0.3 is 19.9 Å². The molecule has 2 aliphatic heterocycles. The van der Waals surface area contributed by atoms with Crippen molar-refractivity contribution in [3.8, 4) is 67.5 Å². The van der Waals surface area contributed by atoms with E-state index in [1.807, 2.05) is 36.4 Å². The molecule has 0 amide bonds. The zero-order chi connectivity index (χ0) is 34.2. The smallest absolute Gasteiger partial charge is 0.435 e. The summed E-state index contributed by atoms with van der Waals surface area (Å²) in [4.78, 5) is 32.0. The zero-order valence-corrected chi connectivity index (χ0v) is 31.4. The van der Waals surface area contributed by atoms with Crippen LogP contribution in [-0.4, -0.2) is 19.9 Å². The second-order valence-electron chi connectivity index (χ2n) is 13.0. The summed E-state index contributed by atoms with van der Waals surface area (Å²) in [6.45, 7) is 0. The Bertz CT molecular complexity index is 2870. The van der Waals surface area contributed by atoms with Crippen molar-refractivity contribution < 1.29 is 19.5 Å². The molecular weight excluding hydrogens is 702 g/mol. The topological polar surface area (TPSA) is 79.8 Å². The van der Waals surface area contributed by atoms with Crippen LogP contribution in [0.25, 0.3) is 111 Å². The zero-order valence-electron chi connectivity index (χ0n) is 28.4. The molecular formula is C46H26N6Zn. The number of fused-ring (bicyclic) bond motifs is 20. The van der Waals surface area contributed by atoms with Crippen LogP contribution in [-0.2, 0) is 19.5 Å². The number of benzene rings is 6. The van der Waals surface area contributed by atoms with Crippen LogP contribution in [0.15, 0.2) is 158 Å². The molecule has 3 aromatic heterocycles. The Kier molecular flexibility index (Phi) is 7.24. The van der Waals surface area contributed by atoms with Crippen molar-refractivity contribution >= 4 is 43.9 Å². The molecule has 0 unspecified atom stereocenters. The summed E-state index contributed by atoms with van der Waals surface area (Å²) < 4.78 is 0. The molecule has 6 nitrogen and oxygen atoms in total. The van der Waals surface area contributed by atoms with Gasteiger partial charge in [0.25, 0.3) is 0 Å². The SMILES string of the molecule is [Zn+2].c1ccc(-c2c3nc(nc4[n-]c(c(-c5ccccc5)c5nc(nc6[n-]c2c2ccccc62)-c2ccccc2-5)c2ccccc42)-c2ccccc2-3)cc1. The van der Waals surface area contributed by atoms with Gasteiger partial charge in [0.2, 0.25) is 0 Å². The van der Waals surface area contributed by atoms with Gasteiger partial charge in [0.15, 0.2) is 0 Å². The third kappa shape index (κ3) is 4.82. The van der Waals surface area contributed by atoms with Gasteiger partial charge >= 0.3 is 19.5 Å². The molecule has 11 rings (SSSR count). The van der Waals surface area contributed by atoms with Crippen LogP contribution in [0, 0.1) is 0 Å². The Labute approximate surface area is 317 Å². The molecule has 2 aliphatic rings. The molecule has 8 bridgehead atoms. The van der Waals surface area contributed by atoms with Gasteiger partial charge in [-0.25, -0.2) is 0 Å². The minimum absolute atomic E-state index is 0. The van der Waals surface area contributed by atoms with Crippen molar-refractivity contribution in [2.24, 2.45) is 0 Å². The molecule has 0 saturated carbocycles. The summed E-state index contributed by atoms with van der Waals surface area (Å²) in [6.07, 6.45) is 0. The number of hydrogen-bond donors (Lipinski definition) is 0. The van der Waals surface area contributed by atoms with Crippen LogP contribution < -0.4 is 9.97 Å². The van der Waals surface area contributed by atoms with E-state index in [1.54, 1.807) is 0 Å². The molecule has 0 radical (unpaired) electrons. The van der Waals surface area contributed by atoms with Crippen molar-refractivity contribution in [3.05, 3.63) is 158 Å². The molecule has 0 spiro atoms. The predicted octanol–water partition coefficient (Wildman–Crippen LogP) is 10.7. The van der Waals surface area contributed by atoms with Crippen molar-refractivity contribution in [3.63, 3.8) is 0 Å². The van der Waals surface area contributed by atoms with Crippen molar-refractivity contribution in [2.75, 3.05) is 0 Å². The van der Waals surface area contributed by atoms with Crippen LogP contribution in [0.5, 0.6) is 0 Å². The first kappa shape index (κ1) is 31.2. The van der Waals surface area contributed by atoms with Crippen LogP contribution in [0.2, 0.25) is 0 Å². The first-order valence-electron chi connectivity index (χ1n) is 17.3. The van der Waals surface area contributed by atoms with E-state index in [4.69, 9.17) is 29.9 Å². The average Bonchev–Trinajstić information content (AvgIpc) is 3.96. The standard InChI is InChI=1S/C46H26N6.Zn/c1-3-15-27(16-4-1)37-39-29-19-7-11-23-33(29)43(47-39)51-45-35-25-13-9-21-31(35)41(49-45)38(28-17-5-2-6-18-28)42-32-22-10-14-26-36(32)46(50-42)52-44-34-24-12-8-20-30(34)40(37)48-44;/h1-26H;/q-2;+2. The summed E-state index contributed by atoms with van der Waals surface area (Å²) in [7, 11) is 0. The van der Waals surface area contributed by atoms with Crippen LogP contribution in [0.1, 0.15) is 0 Å². The molecule has 6 aromatic carbocycles. The summed E-state index contributed by atoms with van der Waals surface area (Å²) in [5.74, 6) is 1.23. The van der Waals surface area contributed by atoms with E-state index in [0.717, 1.165) is 88.5 Å². The van der Waals surface area contributed by atoms with Gasteiger partial charge in [0, 0.05) is 33.4 Å². The van der Waals surface area contributed by atoms with Crippen molar-refractivity contribution in [2.45, 2.75) is 0 Å². The molecule has 5 heterocycles. The van der Waals surface area contributed by atoms with Gasteiger partial charge in [-0.15, -0.1) is 0 Å². The fourth-order valence-electron chi connectivity index (χ4n) is 7.73. The normalized spacial score (nSPS) is 11.6. The monoisotopic (exact) mass is 726 g/mol. The number of aromatic nitrogens is 6. The van der Waals surface area contributed by atoms with Gasteiger partial charge in [-0.2, -0.15) is 0 Å².